The van der Waals surface area contributed by atoms with Crippen LogP contribution in [0.4, 0.5) is 0 Å². The van der Waals surface area contributed by atoms with Crippen molar-refractivity contribution in [3.8, 4) is 11.5 Å². The molecule has 7 heteroatoms. The highest BCUT2D eigenvalue weighted by molar-refractivity contribution is 5.77. The highest BCUT2D eigenvalue weighted by Gasteiger charge is 2.31. The van der Waals surface area contributed by atoms with Crippen molar-refractivity contribution in [2.24, 2.45) is 0 Å². The van der Waals surface area contributed by atoms with E-state index in [-0.39, 0.29) is 23.9 Å². The van der Waals surface area contributed by atoms with Crippen LogP contribution < -0.4 is 15.0 Å². The van der Waals surface area contributed by atoms with Gasteiger partial charge in [0.15, 0.2) is 0 Å². The second-order valence-electron chi connectivity index (χ2n) is 6.48. The van der Waals surface area contributed by atoms with Crippen LogP contribution in [0.15, 0.2) is 53.6 Å². The minimum absolute atomic E-state index is 0.138. The Morgan fingerprint density at radius 3 is 2.85 bits per heavy atom. The molecule has 0 unspecified atom stereocenters. The monoisotopic (exact) mass is 365 g/mol. The summed E-state index contributed by atoms with van der Waals surface area (Å²) in [5.41, 5.74) is 1.81. The van der Waals surface area contributed by atoms with Crippen LogP contribution in [-0.2, 0) is 11.3 Å². The molecular weight excluding hydrogens is 346 g/mol. The second-order valence-corrected chi connectivity index (χ2v) is 6.48. The second kappa shape index (κ2) is 7.11. The normalized spacial score (nSPS) is 15.9. The number of benzene rings is 1. The van der Waals surface area contributed by atoms with E-state index in [0.717, 1.165) is 11.3 Å². The maximum atomic E-state index is 12.4. The molecule has 0 aliphatic carbocycles. The highest BCUT2D eigenvalue weighted by atomic mass is 16.5. The summed E-state index contributed by atoms with van der Waals surface area (Å²) in [6.07, 6.45) is 3.74. The van der Waals surface area contributed by atoms with Crippen LogP contribution in [0.5, 0.6) is 11.5 Å². The first-order chi connectivity index (χ1) is 13.1. The fourth-order valence-corrected chi connectivity index (χ4v) is 3.29. The number of nitrogens with zero attached hydrogens (tertiary/aromatic N) is 2. The molecule has 0 saturated carbocycles. The van der Waals surface area contributed by atoms with E-state index in [0.29, 0.717) is 30.2 Å². The fraction of sp³-hybridized carbons (Fsp3) is 0.250. The van der Waals surface area contributed by atoms with Crippen molar-refractivity contribution in [2.75, 3.05) is 6.61 Å². The lowest BCUT2D eigenvalue weighted by molar-refractivity contribution is -0.135. The molecular formula is C20H19N3O4. The Bertz CT molecular complexity index is 1010. The summed E-state index contributed by atoms with van der Waals surface area (Å²) in [4.78, 5) is 27.2. The molecule has 0 bridgehead atoms. The molecule has 0 radical (unpaired) electrons. The number of hydrogen-bond donors (Lipinski definition) is 1. The third kappa shape index (κ3) is 3.62. The van der Waals surface area contributed by atoms with Gasteiger partial charge in [-0.05, 0) is 30.7 Å². The number of rotatable bonds is 5. The highest BCUT2D eigenvalue weighted by Crippen LogP contribution is 2.36. The van der Waals surface area contributed by atoms with E-state index < -0.39 is 0 Å². The number of H-pyrrole nitrogens is 1. The van der Waals surface area contributed by atoms with Gasteiger partial charge in [0, 0.05) is 30.1 Å². The zero-order valence-corrected chi connectivity index (χ0v) is 14.8. The smallest absolute Gasteiger partial charge is 0.312 e. The number of aromatic amines is 1. The van der Waals surface area contributed by atoms with Crippen LogP contribution >= 0.6 is 0 Å². The van der Waals surface area contributed by atoms with Gasteiger partial charge in [-0.2, -0.15) is 5.10 Å². The summed E-state index contributed by atoms with van der Waals surface area (Å²) < 4.78 is 12.8. The number of nitrogens with one attached hydrogen (secondary N) is 1. The molecule has 0 fully saturated rings. The molecule has 1 N–H and O–H groups in total. The molecule has 7 nitrogen and oxygen atoms in total. The van der Waals surface area contributed by atoms with Crippen LogP contribution in [0.25, 0.3) is 0 Å². The van der Waals surface area contributed by atoms with E-state index in [1.54, 1.807) is 23.9 Å². The molecule has 0 amide bonds. The van der Waals surface area contributed by atoms with Gasteiger partial charge in [0.25, 0.3) is 5.56 Å². The first kappa shape index (κ1) is 17.1. The van der Waals surface area contributed by atoms with Crippen molar-refractivity contribution < 1.29 is 14.3 Å². The Balaban J connectivity index is 1.52. The van der Waals surface area contributed by atoms with Gasteiger partial charge in [-0.3, -0.25) is 14.3 Å². The van der Waals surface area contributed by atoms with Crippen molar-refractivity contribution in [1.82, 2.24) is 14.8 Å². The average molecular weight is 365 g/mol. The molecule has 4 rings (SSSR count). The first-order valence-corrected chi connectivity index (χ1v) is 8.75. The van der Waals surface area contributed by atoms with Gasteiger partial charge in [-0.15, -0.1) is 0 Å². The summed E-state index contributed by atoms with van der Waals surface area (Å²) >= 11 is 0. The zero-order valence-electron chi connectivity index (χ0n) is 14.8. The Morgan fingerprint density at radius 1 is 1.30 bits per heavy atom. The lowest BCUT2D eigenvalue weighted by Gasteiger charge is -2.24. The molecule has 0 saturated heterocycles. The van der Waals surface area contributed by atoms with Crippen molar-refractivity contribution in [2.45, 2.75) is 25.8 Å². The Kier molecular flexibility index (Phi) is 4.50. The molecule has 1 aromatic carbocycles. The summed E-state index contributed by atoms with van der Waals surface area (Å²) in [5, 5.41) is 4.13. The molecule has 3 heterocycles. The van der Waals surface area contributed by atoms with E-state index in [2.05, 4.69) is 10.1 Å². The van der Waals surface area contributed by atoms with Gasteiger partial charge in [0.1, 0.15) is 18.1 Å². The lowest BCUT2D eigenvalue weighted by Crippen LogP contribution is -2.28. The summed E-state index contributed by atoms with van der Waals surface area (Å²) in [6, 6.07) is 11.0. The standard InChI is InChI=1S/C20H19N3O4/c1-13-11-17-19(20(25)22-13)16(12-18(24)27-17)14-3-5-15(6-4-14)26-10-9-23-8-2-7-21-23/h2-8,11,16H,9-10,12H2,1H3,(H,22,25)/t16-/m1/s1. The van der Waals surface area contributed by atoms with Crippen LogP contribution in [0.3, 0.4) is 0 Å². The number of aryl methyl sites for hydroxylation is 1. The molecule has 27 heavy (non-hydrogen) atoms. The van der Waals surface area contributed by atoms with Crippen LogP contribution in [0, 0.1) is 6.92 Å². The third-order valence-electron chi connectivity index (χ3n) is 4.54. The van der Waals surface area contributed by atoms with Gasteiger partial charge in [-0.1, -0.05) is 12.1 Å². The SMILES string of the molecule is Cc1cc2c(c(=O)[nH]1)[C@@H](c1ccc(OCCn3cccn3)cc1)CC(=O)O2. The number of esters is 1. The van der Waals surface area contributed by atoms with Gasteiger partial charge in [0.05, 0.1) is 18.5 Å². The molecule has 1 aliphatic rings. The van der Waals surface area contributed by atoms with Gasteiger partial charge in [0.2, 0.25) is 0 Å². The maximum absolute atomic E-state index is 12.4. The topological polar surface area (TPSA) is 86.2 Å². The van der Waals surface area contributed by atoms with Gasteiger partial charge in [-0.25, -0.2) is 0 Å². The predicted molar refractivity (Wildman–Crippen MR) is 98.1 cm³/mol. The quantitative estimate of drug-likeness (QED) is 0.702. The molecule has 1 atom stereocenters. The van der Waals surface area contributed by atoms with E-state index in [1.807, 2.05) is 36.5 Å². The number of aromatic nitrogens is 3. The average Bonchev–Trinajstić information content (AvgIpc) is 3.14. The predicted octanol–water partition coefficient (Wildman–Crippen LogP) is 2.40. The molecule has 0 spiro atoms. The van der Waals surface area contributed by atoms with E-state index >= 15 is 0 Å². The van der Waals surface area contributed by atoms with Crippen LogP contribution in [-0.4, -0.2) is 27.3 Å². The molecule has 2 aromatic heterocycles. The zero-order chi connectivity index (χ0) is 18.8. The van der Waals surface area contributed by atoms with Crippen molar-refractivity contribution in [3.05, 3.63) is 76.0 Å². The van der Waals surface area contributed by atoms with E-state index in [1.165, 1.54) is 0 Å². The minimum atomic E-state index is -0.336. The van der Waals surface area contributed by atoms with Crippen molar-refractivity contribution in [1.29, 1.82) is 0 Å². The van der Waals surface area contributed by atoms with Crippen LogP contribution in [0.2, 0.25) is 0 Å². The number of pyridine rings is 1. The lowest BCUT2D eigenvalue weighted by atomic mass is 9.87. The summed E-state index contributed by atoms with van der Waals surface area (Å²) in [7, 11) is 0. The number of hydrogen-bond acceptors (Lipinski definition) is 5. The maximum Gasteiger partial charge on any atom is 0.312 e. The number of fused-ring (bicyclic) bond motifs is 1. The first-order valence-electron chi connectivity index (χ1n) is 8.75. The van der Waals surface area contributed by atoms with Crippen molar-refractivity contribution >= 4 is 5.97 Å². The third-order valence-corrected chi connectivity index (χ3v) is 4.54. The Labute approximate surface area is 155 Å². The summed E-state index contributed by atoms with van der Waals surface area (Å²) in [6.45, 7) is 2.92. The molecule has 138 valence electrons. The molecule has 1 aliphatic heterocycles. The van der Waals surface area contributed by atoms with Crippen LogP contribution in [0.1, 0.15) is 29.2 Å². The van der Waals surface area contributed by atoms with E-state index in [4.69, 9.17) is 9.47 Å². The largest absolute Gasteiger partial charge is 0.492 e. The number of carbonyl (C=O) groups is 1. The van der Waals surface area contributed by atoms with Gasteiger partial charge < -0.3 is 14.5 Å². The fourth-order valence-electron chi connectivity index (χ4n) is 3.29. The Morgan fingerprint density at radius 2 is 2.11 bits per heavy atom. The molecule has 3 aromatic rings. The Hall–Kier alpha value is -3.35. The van der Waals surface area contributed by atoms with Gasteiger partial charge >= 0.3 is 5.97 Å². The summed E-state index contributed by atoms with van der Waals surface area (Å²) in [5.74, 6) is 0.403. The van der Waals surface area contributed by atoms with E-state index in [9.17, 15) is 9.59 Å². The number of carbonyl (C=O) groups excluding carboxylic acids is 1. The minimum Gasteiger partial charge on any atom is -0.492 e. The number of ether oxygens (including phenoxy) is 2. The van der Waals surface area contributed by atoms with Crippen molar-refractivity contribution in [3.63, 3.8) is 0 Å².